The molecule has 0 aliphatic rings. The van der Waals surface area contributed by atoms with Crippen molar-refractivity contribution in [2.45, 2.75) is 26.3 Å². The first-order valence-electron chi connectivity index (χ1n) is 8.33. The van der Waals surface area contributed by atoms with Gasteiger partial charge < -0.3 is 10.6 Å². The molecule has 134 valence electrons. The molecule has 0 saturated heterocycles. The van der Waals surface area contributed by atoms with Crippen molar-refractivity contribution in [2.24, 2.45) is 0 Å². The summed E-state index contributed by atoms with van der Waals surface area (Å²) in [6.07, 6.45) is 2.70. The third kappa shape index (κ3) is 4.84. The molecule has 3 aromatic rings. The molecular weight excluding hydrogens is 369 g/mol. The number of aromatic nitrogens is 3. The number of benzene rings is 1. The number of hydrogen-bond acceptors (Lipinski definition) is 5. The average Bonchev–Trinajstić information content (AvgIpc) is 2.61. The molecule has 5 nitrogen and oxygen atoms in total. The molecule has 0 spiro atoms. The van der Waals surface area contributed by atoms with E-state index in [0.717, 1.165) is 23.5 Å². The van der Waals surface area contributed by atoms with Crippen molar-refractivity contribution in [3.8, 4) is 11.4 Å². The van der Waals surface area contributed by atoms with Crippen LogP contribution in [-0.4, -0.2) is 21.0 Å². The highest BCUT2D eigenvalue weighted by Gasteiger charge is 2.10. The van der Waals surface area contributed by atoms with E-state index in [-0.39, 0.29) is 6.04 Å². The molecule has 0 fully saturated rings. The van der Waals surface area contributed by atoms with Crippen LogP contribution in [0.25, 0.3) is 11.4 Å². The predicted octanol–water partition coefficient (Wildman–Crippen LogP) is 5.80. The highest BCUT2D eigenvalue weighted by molar-refractivity contribution is 6.35. The minimum absolute atomic E-state index is 0.252. The van der Waals surface area contributed by atoms with Crippen LogP contribution in [0.4, 0.5) is 17.5 Å². The highest BCUT2D eigenvalue weighted by atomic mass is 35.5. The van der Waals surface area contributed by atoms with E-state index in [1.807, 2.05) is 24.3 Å². The topological polar surface area (TPSA) is 62.7 Å². The van der Waals surface area contributed by atoms with Gasteiger partial charge in [0.15, 0.2) is 0 Å². The SMILES string of the molecule is CC[C@H](C)Nc1nc(Nc2cc(Cl)cc(Cl)c2)cc(-c2ccccn2)n1. The molecule has 2 N–H and O–H groups in total. The Morgan fingerprint density at radius 2 is 1.77 bits per heavy atom. The van der Waals surface area contributed by atoms with E-state index in [4.69, 9.17) is 23.2 Å². The van der Waals surface area contributed by atoms with Gasteiger partial charge in [-0.15, -0.1) is 0 Å². The molecule has 0 amide bonds. The summed E-state index contributed by atoms with van der Waals surface area (Å²) in [5, 5.41) is 7.65. The van der Waals surface area contributed by atoms with Gasteiger partial charge in [-0.25, -0.2) is 4.98 Å². The number of rotatable bonds is 6. The number of halogens is 2. The highest BCUT2D eigenvalue weighted by Crippen LogP contribution is 2.27. The maximum Gasteiger partial charge on any atom is 0.225 e. The van der Waals surface area contributed by atoms with Gasteiger partial charge in [-0.3, -0.25) is 4.98 Å². The van der Waals surface area contributed by atoms with E-state index in [1.165, 1.54) is 0 Å². The van der Waals surface area contributed by atoms with Gasteiger partial charge in [0.05, 0.1) is 11.4 Å². The summed E-state index contributed by atoms with van der Waals surface area (Å²) in [6, 6.07) is 13.1. The van der Waals surface area contributed by atoms with Crippen molar-refractivity contribution in [3.05, 3.63) is 58.7 Å². The molecule has 7 heteroatoms. The lowest BCUT2D eigenvalue weighted by atomic mass is 10.2. The quantitative estimate of drug-likeness (QED) is 0.559. The largest absolute Gasteiger partial charge is 0.352 e. The normalized spacial score (nSPS) is 11.8. The van der Waals surface area contributed by atoms with Crippen molar-refractivity contribution in [1.82, 2.24) is 15.0 Å². The first-order chi connectivity index (χ1) is 12.5. The van der Waals surface area contributed by atoms with Crippen LogP contribution in [0.3, 0.4) is 0 Å². The maximum atomic E-state index is 6.08. The molecule has 0 aliphatic heterocycles. The number of pyridine rings is 1. The van der Waals surface area contributed by atoms with Crippen molar-refractivity contribution in [3.63, 3.8) is 0 Å². The first kappa shape index (κ1) is 18.4. The Kier molecular flexibility index (Phi) is 5.91. The summed E-state index contributed by atoms with van der Waals surface area (Å²) in [7, 11) is 0. The summed E-state index contributed by atoms with van der Waals surface area (Å²) in [6.45, 7) is 4.19. The Labute approximate surface area is 162 Å². The van der Waals surface area contributed by atoms with Crippen LogP contribution in [0.15, 0.2) is 48.7 Å². The second-order valence-corrected chi connectivity index (χ2v) is 6.79. The van der Waals surface area contributed by atoms with E-state index < -0.39 is 0 Å². The molecule has 26 heavy (non-hydrogen) atoms. The Morgan fingerprint density at radius 1 is 1.00 bits per heavy atom. The van der Waals surface area contributed by atoms with E-state index in [9.17, 15) is 0 Å². The lowest BCUT2D eigenvalue weighted by Gasteiger charge is -2.14. The third-order valence-corrected chi connectivity index (χ3v) is 4.21. The van der Waals surface area contributed by atoms with Crippen molar-refractivity contribution < 1.29 is 0 Å². The Bertz CT molecular complexity index is 866. The molecule has 3 rings (SSSR count). The van der Waals surface area contributed by atoms with Gasteiger partial charge in [0.1, 0.15) is 5.82 Å². The molecule has 1 aromatic carbocycles. The molecule has 2 aromatic heterocycles. The Hall–Kier alpha value is -2.37. The van der Waals surface area contributed by atoms with Crippen LogP contribution in [0, 0.1) is 0 Å². The van der Waals surface area contributed by atoms with Crippen LogP contribution in [-0.2, 0) is 0 Å². The van der Waals surface area contributed by atoms with Gasteiger partial charge in [0.2, 0.25) is 5.95 Å². The fourth-order valence-corrected chi connectivity index (χ4v) is 2.84. The van der Waals surface area contributed by atoms with E-state index >= 15 is 0 Å². The molecule has 0 saturated carbocycles. The van der Waals surface area contributed by atoms with Crippen molar-refractivity contribution in [1.29, 1.82) is 0 Å². The van der Waals surface area contributed by atoms with Crippen LogP contribution in [0.1, 0.15) is 20.3 Å². The molecule has 2 heterocycles. The summed E-state index contributed by atoms with van der Waals surface area (Å²) in [4.78, 5) is 13.5. The molecule has 0 aliphatic carbocycles. The molecule has 0 unspecified atom stereocenters. The second-order valence-electron chi connectivity index (χ2n) is 5.91. The van der Waals surface area contributed by atoms with Crippen LogP contribution < -0.4 is 10.6 Å². The fourth-order valence-electron chi connectivity index (χ4n) is 2.32. The van der Waals surface area contributed by atoms with Crippen LogP contribution in [0.5, 0.6) is 0 Å². The van der Waals surface area contributed by atoms with Crippen LogP contribution >= 0.6 is 23.2 Å². The summed E-state index contributed by atoms with van der Waals surface area (Å²) in [5.41, 5.74) is 2.25. The van der Waals surface area contributed by atoms with Gasteiger partial charge in [0.25, 0.3) is 0 Å². The second kappa shape index (κ2) is 8.34. The Balaban J connectivity index is 1.98. The summed E-state index contributed by atoms with van der Waals surface area (Å²) >= 11 is 12.2. The van der Waals surface area contributed by atoms with Gasteiger partial charge in [-0.05, 0) is 43.7 Å². The smallest absolute Gasteiger partial charge is 0.225 e. The van der Waals surface area contributed by atoms with E-state index in [0.29, 0.717) is 21.8 Å². The zero-order valence-electron chi connectivity index (χ0n) is 14.5. The molecule has 0 bridgehead atoms. The first-order valence-corrected chi connectivity index (χ1v) is 9.09. The lowest BCUT2D eigenvalue weighted by Crippen LogP contribution is -2.16. The number of anilines is 3. The zero-order valence-corrected chi connectivity index (χ0v) is 16.0. The van der Waals surface area contributed by atoms with Crippen molar-refractivity contribution >= 4 is 40.7 Å². The van der Waals surface area contributed by atoms with Gasteiger partial charge in [0, 0.05) is 34.0 Å². The third-order valence-electron chi connectivity index (χ3n) is 3.78. The average molecular weight is 388 g/mol. The Morgan fingerprint density at radius 3 is 2.42 bits per heavy atom. The fraction of sp³-hybridized carbons (Fsp3) is 0.211. The molecule has 1 atom stereocenters. The number of nitrogens with one attached hydrogen (secondary N) is 2. The minimum Gasteiger partial charge on any atom is -0.352 e. The summed E-state index contributed by atoms with van der Waals surface area (Å²) in [5.74, 6) is 1.17. The van der Waals surface area contributed by atoms with Crippen molar-refractivity contribution in [2.75, 3.05) is 10.6 Å². The van der Waals surface area contributed by atoms with Gasteiger partial charge in [-0.2, -0.15) is 4.98 Å². The predicted molar refractivity (Wildman–Crippen MR) is 108 cm³/mol. The standard InChI is InChI=1S/C19H19Cl2N5/c1-3-12(2)23-19-25-17(16-6-4-5-7-22-16)11-18(26-19)24-15-9-13(20)8-14(21)10-15/h4-12H,3H2,1-2H3,(H2,23,24,25,26)/t12-/m0/s1. The van der Waals surface area contributed by atoms with E-state index in [2.05, 4.69) is 39.4 Å². The van der Waals surface area contributed by atoms with Gasteiger partial charge in [-0.1, -0.05) is 36.2 Å². The number of nitrogens with zero attached hydrogens (tertiary/aromatic N) is 3. The minimum atomic E-state index is 0.252. The summed E-state index contributed by atoms with van der Waals surface area (Å²) < 4.78 is 0. The molecular formula is C19H19Cl2N5. The van der Waals surface area contributed by atoms with Crippen LogP contribution in [0.2, 0.25) is 10.0 Å². The monoisotopic (exact) mass is 387 g/mol. The lowest BCUT2D eigenvalue weighted by molar-refractivity contribution is 0.753. The maximum absolute atomic E-state index is 6.08. The van der Waals surface area contributed by atoms with Gasteiger partial charge >= 0.3 is 0 Å². The zero-order chi connectivity index (χ0) is 18.5. The molecule has 0 radical (unpaired) electrons. The van der Waals surface area contributed by atoms with E-state index in [1.54, 1.807) is 24.4 Å². The number of hydrogen-bond donors (Lipinski definition) is 2.